The second-order valence-corrected chi connectivity index (χ2v) is 7.95. The fraction of sp³-hybridized carbons (Fsp3) is 0.579. The second kappa shape index (κ2) is 7.64. The van der Waals surface area contributed by atoms with Crippen LogP contribution in [-0.4, -0.2) is 54.6 Å². The molecule has 146 valence electrons. The number of urea groups is 1. The SMILES string of the molecule is O=C(NC1CCN(c2ccc(F)c(Cl)c2)C1=O)NC1CCN2CCCCC12. The molecule has 3 fully saturated rings. The molecule has 1 aromatic carbocycles. The molecule has 6 nitrogen and oxygen atoms in total. The molecule has 0 radical (unpaired) electrons. The number of amides is 3. The van der Waals surface area contributed by atoms with Crippen LogP contribution < -0.4 is 15.5 Å². The molecule has 3 unspecified atom stereocenters. The Bertz CT molecular complexity index is 746. The summed E-state index contributed by atoms with van der Waals surface area (Å²) in [4.78, 5) is 29.1. The zero-order chi connectivity index (χ0) is 19.0. The topological polar surface area (TPSA) is 64.7 Å². The van der Waals surface area contributed by atoms with Crippen molar-refractivity contribution >= 4 is 29.2 Å². The van der Waals surface area contributed by atoms with E-state index in [-0.39, 0.29) is 23.0 Å². The van der Waals surface area contributed by atoms with Gasteiger partial charge in [-0.3, -0.25) is 9.69 Å². The van der Waals surface area contributed by atoms with Gasteiger partial charge >= 0.3 is 6.03 Å². The Labute approximate surface area is 163 Å². The molecule has 3 atom stereocenters. The molecule has 8 heteroatoms. The van der Waals surface area contributed by atoms with Crippen LogP contribution in [0.1, 0.15) is 32.1 Å². The molecule has 3 saturated heterocycles. The Balaban J connectivity index is 1.34. The quantitative estimate of drug-likeness (QED) is 0.828. The van der Waals surface area contributed by atoms with Crippen molar-refractivity contribution in [3.63, 3.8) is 0 Å². The van der Waals surface area contributed by atoms with E-state index in [0.29, 0.717) is 24.7 Å². The number of nitrogens with one attached hydrogen (secondary N) is 2. The normalized spacial score (nSPS) is 28.3. The monoisotopic (exact) mass is 394 g/mol. The summed E-state index contributed by atoms with van der Waals surface area (Å²) in [6, 6.07) is 3.91. The molecule has 3 aliphatic heterocycles. The zero-order valence-corrected chi connectivity index (χ0v) is 15.8. The minimum Gasteiger partial charge on any atom is -0.334 e. The largest absolute Gasteiger partial charge is 0.334 e. The number of rotatable bonds is 3. The highest BCUT2D eigenvalue weighted by Crippen LogP contribution is 2.28. The third-order valence-electron chi connectivity index (χ3n) is 5.90. The third-order valence-corrected chi connectivity index (χ3v) is 6.19. The summed E-state index contributed by atoms with van der Waals surface area (Å²) < 4.78 is 13.3. The first kappa shape index (κ1) is 18.5. The van der Waals surface area contributed by atoms with Gasteiger partial charge in [0, 0.05) is 30.9 Å². The number of anilines is 1. The first-order chi connectivity index (χ1) is 13.0. The van der Waals surface area contributed by atoms with Gasteiger partial charge in [-0.15, -0.1) is 0 Å². The van der Waals surface area contributed by atoms with Crippen LogP contribution >= 0.6 is 11.6 Å². The molecule has 2 N–H and O–H groups in total. The zero-order valence-electron chi connectivity index (χ0n) is 15.1. The van der Waals surface area contributed by atoms with Gasteiger partial charge in [0.05, 0.1) is 5.02 Å². The van der Waals surface area contributed by atoms with Crippen LogP contribution in [0.4, 0.5) is 14.9 Å². The molecule has 0 aromatic heterocycles. The highest BCUT2D eigenvalue weighted by molar-refractivity contribution is 6.31. The van der Waals surface area contributed by atoms with Gasteiger partial charge in [0.2, 0.25) is 5.91 Å². The number of carbonyl (C=O) groups is 2. The van der Waals surface area contributed by atoms with E-state index in [1.165, 1.54) is 35.9 Å². The third kappa shape index (κ3) is 3.75. The highest BCUT2D eigenvalue weighted by atomic mass is 35.5. The number of halogens is 2. The van der Waals surface area contributed by atoms with Crippen molar-refractivity contribution < 1.29 is 14.0 Å². The summed E-state index contributed by atoms with van der Waals surface area (Å²) in [5.74, 6) is -0.715. The van der Waals surface area contributed by atoms with Crippen LogP contribution in [0, 0.1) is 5.82 Å². The summed E-state index contributed by atoms with van der Waals surface area (Å²) in [6.07, 6.45) is 5.03. The number of fused-ring (bicyclic) bond motifs is 1. The van der Waals surface area contributed by atoms with E-state index >= 15 is 0 Å². The molecule has 0 spiro atoms. The molecular weight excluding hydrogens is 371 g/mol. The molecule has 27 heavy (non-hydrogen) atoms. The molecule has 0 saturated carbocycles. The molecule has 4 rings (SSSR count). The maximum atomic E-state index is 13.3. The predicted octanol–water partition coefficient (Wildman–Crippen LogP) is 2.51. The Kier molecular flexibility index (Phi) is 5.23. The number of hydrogen-bond acceptors (Lipinski definition) is 3. The molecule has 3 heterocycles. The van der Waals surface area contributed by atoms with Crippen LogP contribution in [0.25, 0.3) is 0 Å². The number of carbonyl (C=O) groups excluding carboxylic acids is 2. The van der Waals surface area contributed by atoms with Gasteiger partial charge in [-0.2, -0.15) is 0 Å². The average molecular weight is 395 g/mol. The average Bonchev–Trinajstić information content (AvgIpc) is 3.22. The van der Waals surface area contributed by atoms with Crippen molar-refractivity contribution in [2.24, 2.45) is 0 Å². The smallest absolute Gasteiger partial charge is 0.315 e. The van der Waals surface area contributed by atoms with E-state index in [1.807, 2.05) is 0 Å². The van der Waals surface area contributed by atoms with Crippen LogP contribution in [0.15, 0.2) is 18.2 Å². The molecule has 3 amide bonds. The molecule has 0 aliphatic carbocycles. The molecular formula is C19H24ClFN4O2. The van der Waals surface area contributed by atoms with Crippen LogP contribution in [0.5, 0.6) is 0 Å². The van der Waals surface area contributed by atoms with E-state index in [4.69, 9.17) is 11.6 Å². The van der Waals surface area contributed by atoms with E-state index in [2.05, 4.69) is 15.5 Å². The Morgan fingerprint density at radius 1 is 1.11 bits per heavy atom. The van der Waals surface area contributed by atoms with Crippen LogP contribution in [0.3, 0.4) is 0 Å². The Hall–Kier alpha value is -1.86. The lowest BCUT2D eigenvalue weighted by Gasteiger charge is -2.32. The van der Waals surface area contributed by atoms with Gasteiger partial charge in [-0.25, -0.2) is 9.18 Å². The summed E-state index contributed by atoms with van der Waals surface area (Å²) >= 11 is 5.81. The number of benzene rings is 1. The minimum atomic E-state index is -0.572. The van der Waals surface area contributed by atoms with E-state index in [9.17, 15) is 14.0 Å². The van der Waals surface area contributed by atoms with Gasteiger partial charge in [0.1, 0.15) is 11.9 Å². The van der Waals surface area contributed by atoms with Crippen molar-refractivity contribution in [2.45, 2.75) is 50.2 Å². The van der Waals surface area contributed by atoms with Crippen molar-refractivity contribution in [1.82, 2.24) is 15.5 Å². The van der Waals surface area contributed by atoms with E-state index in [0.717, 1.165) is 25.9 Å². The lowest BCUT2D eigenvalue weighted by Crippen LogP contribution is -2.52. The maximum absolute atomic E-state index is 13.3. The summed E-state index contributed by atoms with van der Waals surface area (Å²) in [6.45, 7) is 2.60. The number of nitrogens with zero attached hydrogens (tertiary/aromatic N) is 2. The van der Waals surface area contributed by atoms with Crippen LogP contribution in [-0.2, 0) is 4.79 Å². The van der Waals surface area contributed by atoms with Crippen molar-refractivity contribution in [1.29, 1.82) is 0 Å². The van der Waals surface area contributed by atoms with Crippen molar-refractivity contribution in [2.75, 3.05) is 24.5 Å². The van der Waals surface area contributed by atoms with Gasteiger partial charge in [0.15, 0.2) is 0 Å². The standard InChI is InChI=1S/C19H24ClFN4O2/c20-13-11-12(4-5-14(13)21)25-10-7-16(18(25)26)23-19(27)22-15-6-9-24-8-2-1-3-17(15)24/h4-5,11,15-17H,1-3,6-10H2,(H2,22,23,27). The first-order valence-electron chi connectivity index (χ1n) is 9.60. The minimum absolute atomic E-state index is 0.0206. The fourth-order valence-corrected chi connectivity index (χ4v) is 4.68. The highest BCUT2D eigenvalue weighted by Gasteiger charge is 2.38. The van der Waals surface area contributed by atoms with Crippen molar-refractivity contribution in [3.8, 4) is 0 Å². The summed E-state index contributed by atoms with van der Waals surface area (Å²) in [5, 5.41) is 5.85. The molecule has 1 aromatic rings. The Morgan fingerprint density at radius 3 is 2.78 bits per heavy atom. The lowest BCUT2D eigenvalue weighted by atomic mass is 9.99. The van der Waals surface area contributed by atoms with E-state index < -0.39 is 11.9 Å². The van der Waals surface area contributed by atoms with Gasteiger partial charge in [-0.1, -0.05) is 18.0 Å². The summed E-state index contributed by atoms with van der Waals surface area (Å²) in [7, 11) is 0. The van der Waals surface area contributed by atoms with Gasteiger partial charge < -0.3 is 15.5 Å². The fourth-order valence-electron chi connectivity index (χ4n) is 4.51. The van der Waals surface area contributed by atoms with Gasteiger partial charge in [-0.05, 0) is 50.4 Å². The van der Waals surface area contributed by atoms with Crippen molar-refractivity contribution in [3.05, 3.63) is 29.0 Å². The first-order valence-corrected chi connectivity index (χ1v) is 9.98. The summed E-state index contributed by atoms with van der Waals surface area (Å²) in [5.41, 5.74) is 0.546. The second-order valence-electron chi connectivity index (χ2n) is 7.54. The number of piperidine rings is 1. The maximum Gasteiger partial charge on any atom is 0.315 e. The van der Waals surface area contributed by atoms with Crippen LogP contribution in [0.2, 0.25) is 5.02 Å². The van der Waals surface area contributed by atoms with Gasteiger partial charge in [0.25, 0.3) is 0 Å². The van der Waals surface area contributed by atoms with E-state index in [1.54, 1.807) is 0 Å². The lowest BCUT2D eigenvalue weighted by molar-refractivity contribution is -0.118. The molecule has 0 bridgehead atoms. The Morgan fingerprint density at radius 2 is 1.96 bits per heavy atom. The number of hydrogen-bond donors (Lipinski definition) is 2. The predicted molar refractivity (Wildman–Crippen MR) is 101 cm³/mol. The molecule has 3 aliphatic rings.